The average Bonchev–Trinajstić information content (AvgIpc) is 2.11. The van der Waals surface area contributed by atoms with Crippen molar-refractivity contribution in [2.24, 2.45) is 5.73 Å². The molecule has 1 aromatic heterocycles. The van der Waals surface area contributed by atoms with E-state index in [2.05, 4.69) is 15.2 Å². The van der Waals surface area contributed by atoms with Gasteiger partial charge >= 0.3 is 5.69 Å². The molecule has 1 rings (SSSR count). The third-order valence-corrected chi connectivity index (χ3v) is 1.11. The van der Waals surface area contributed by atoms with Crippen LogP contribution in [0.15, 0.2) is 4.79 Å². The number of hydrogen-bond acceptors (Lipinski definition) is 3. The van der Waals surface area contributed by atoms with Crippen molar-refractivity contribution >= 4 is 0 Å². The molecule has 0 aliphatic carbocycles. The summed E-state index contributed by atoms with van der Waals surface area (Å²) in [6, 6.07) is 0. The second-order valence-electron chi connectivity index (χ2n) is 2.75. The molecule has 5 heteroatoms. The largest absolute Gasteiger partial charge is 0.340 e. The van der Waals surface area contributed by atoms with Crippen LogP contribution in [0, 0.1) is 0 Å². The molecule has 0 aromatic carbocycles. The quantitative estimate of drug-likeness (QED) is 0.484. The fourth-order valence-electron chi connectivity index (χ4n) is 0.575. The Bertz CT molecular complexity index is 266. The third-order valence-electron chi connectivity index (χ3n) is 1.11. The van der Waals surface area contributed by atoms with E-state index in [1.807, 2.05) is 0 Å². The van der Waals surface area contributed by atoms with Gasteiger partial charge in [0.15, 0.2) is 0 Å². The van der Waals surface area contributed by atoms with E-state index in [-0.39, 0.29) is 5.69 Å². The first kappa shape index (κ1) is 7.01. The zero-order valence-corrected chi connectivity index (χ0v) is 5.93. The van der Waals surface area contributed by atoms with Gasteiger partial charge in [0.2, 0.25) is 0 Å². The van der Waals surface area contributed by atoms with Gasteiger partial charge in [0.25, 0.3) is 0 Å². The van der Waals surface area contributed by atoms with Crippen LogP contribution in [0.1, 0.15) is 19.7 Å². The highest BCUT2D eigenvalue weighted by Crippen LogP contribution is 2.07. The van der Waals surface area contributed by atoms with Crippen molar-refractivity contribution in [3.8, 4) is 0 Å². The van der Waals surface area contributed by atoms with Crippen LogP contribution in [0.3, 0.4) is 0 Å². The van der Waals surface area contributed by atoms with Crippen molar-refractivity contribution in [3.63, 3.8) is 0 Å². The van der Waals surface area contributed by atoms with Crippen molar-refractivity contribution in [3.05, 3.63) is 16.3 Å². The van der Waals surface area contributed by atoms with Gasteiger partial charge < -0.3 is 5.73 Å². The molecule has 0 fully saturated rings. The molecule has 0 saturated carbocycles. The SMILES string of the molecule is CC(C)(N)c1n[nH]c(=O)[nH]1. The molecular formula is C5H10N4O. The van der Waals surface area contributed by atoms with Crippen LogP contribution in [0.2, 0.25) is 0 Å². The molecule has 0 atom stereocenters. The Kier molecular flexibility index (Phi) is 1.37. The van der Waals surface area contributed by atoms with Gasteiger partial charge in [-0.25, -0.2) is 9.89 Å². The fraction of sp³-hybridized carbons (Fsp3) is 0.600. The van der Waals surface area contributed by atoms with Crippen LogP contribution in [0.5, 0.6) is 0 Å². The summed E-state index contributed by atoms with van der Waals surface area (Å²) in [5.41, 5.74) is 4.71. The molecule has 0 spiro atoms. The van der Waals surface area contributed by atoms with Gasteiger partial charge in [-0.15, -0.1) is 0 Å². The van der Waals surface area contributed by atoms with Crippen LogP contribution in [0.25, 0.3) is 0 Å². The molecule has 0 radical (unpaired) electrons. The van der Waals surface area contributed by atoms with Crippen molar-refractivity contribution in [2.45, 2.75) is 19.4 Å². The van der Waals surface area contributed by atoms with E-state index in [1.54, 1.807) is 13.8 Å². The maximum atomic E-state index is 10.5. The van der Waals surface area contributed by atoms with Gasteiger partial charge in [0.05, 0.1) is 5.54 Å². The Labute approximate surface area is 57.6 Å². The highest BCUT2D eigenvalue weighted by Gasteiger charge is 2.17. The summed E-state index contributed by atoms with van der Waals surface area (Å²) < 4.78 is 0. The molecule has 56 valence electrons. The summed E-state index contributed by atoms with van der Waals surface area (Å²) in [6.45, 7) is 3.53. The number of aromatic nitrogens is 3. The molecular weight excluding hydrogens is 132 g/mol. The highest BCUT2D eigenvalue weighted by molar-refractivity contribution is 4.96. The molecule has 0 aliphatic rings. The minimum Gasteiger partial charge on any atom is -0.319 e. The van der Waals surface area contributed by atoms with Gasteiger partial charge in [0.1, 0.15) is 5.82 Å². The molecule has 0 bridgehead atoms. The molecule has 0 amide bonds. The Morgan fingerprint density at radius 3 is 2.40 bits per heavy atom. The van der Waals surface area contributed by atoms with E-state index in [4.69, 9.17) is 5.73 Å². The molecule has 0 saturated heterocycles. The summed E-state index contributed by atoms with van der Waals surface area (Å²) in [7, 11) is 0. The second-order valence-corrected chi connectivity index (χ2v) is 2.75. The normalized spacial score (nSPS) is 11.9. The van der Waals surface area contributed by atoms with E-state index in [1.165, 1.54) is 0 Å². The number of aromatic amines is 2. The summed E-state index contributed by atoms with van der Waals surface area (Å²) in [5, 5.41) is 5.90. The molecule has 5 nitrogen and oxygen atoms in total. The Morgan fingerprint density at radius 1 is 1.60 bits per heavy atom. The van der Waals surface area contributed by atoms with Gasteiger partial charge in [0, 0.05) is 0 Å². The first-order valence-corrected chi connectivity index (χ1v) is 2.94. The number of hydrogen-bond donors (Lipinski definition) is 3. The van der Waals surface area contributed by atoms with Crippen LogP contribution in [-0.4, -0.2) is 15.2 Å². The minimum absolute atomic E-state index is 0.325. The number of rotatable bonds is 1. The molecule has 1 heterocycles. The lowest BCUT2D eigenvalue weighted by Crippen LogP contribution is -2.30. The molecule has 4 N–H and O–H groups in total. The smallest absolute Gasteiger partial charge is 0.319 e. The van der Waals surface area contributed by atoms with Crippen LogP contribution in [0.4, 0.5) is 0 Å². The first-order chi connectivity index (χ1) is 4.50. The predicted molar refractivity (Wildman–Crippen MR) is 36.4 cm³/mol. The van der Waals surface area contributed by atoms with Crippen molar-refractivity contribution < 1.29 is 0 Å². The lowest BCUT2D eigenvalue weighted by atomic mass is 10.1. The van der Waals surface area contributed by atoms with Crippen LogP contribution >= 0.6 is 0 Å². The maximum Gasteiger partial charge on any atom is 0.340 e. The molecule has 0 unspecified atom stereocenters. The lowest BCUT2D eigenvalue weighted by Gasteiger charge is -2.12. The van der Waals surface area contributed by atoms with E-state index < -0.39 is 5.54 Å². The molecule has 0 aliphatic heterocycles. The number of nitrogens with two attached hydrogens (primary N) is 1. The number of nitrogens with zero attached hydrogens (tertiary/aromatic N) is 1. The predicted octanol–water partition coefficient (Wildman–Crippen LogP) is -0.708. The van der Waals surface area contributed by atoms with Crippen LogP contribution < -0.4 is 11.4 Å². The Hall–Kier alpha value is -1.10. The van der Waals surface area contributed by atoms with Crippen molar-refractivity contribution in [2.75, 3.05) is 0 Å². The standard InChI is InChI=1S/C5H10N4O/c1-5(2,6)3-7-4(10)9-8-3/h6H2,1-2H3,(H2,7,8,9,10). The van der Waals surface area contributed by atoms with Gasteiger partial charge in [-0.05, 0) is 13.8 Å². The summed E-state index contributed by atoms with van der Waals surface area (Å²) in [5.74, 6) is 0.470. The van der Waals surface area contributed by atoms with E-state index in [0.717, 1.165) is 0 Å². The Balaban J connectivity index is 3.07. The summed E-state index contributed by atoms with van der Waals surface area (Å²) in [6.07, 6.45) is 0. The van der Waals surface area contributed by atoms with E-state index in [9.17, 15) is 4.79 Å². The average molecular weight is 142 g/mol. The maximum absolute atomic E-state index is 10.5. The van der Waals surface area contributed by atoms with E-state index in [0.29, 0.717) is 5.82 Å². The topological polar surface area (TPSA) is 87.6 Å². The monoisotopic (exact) mass is 142 g/mol. The van der Waals surface area contributed by atoms with E-state index >= 15 is 0 Å². The summed E-state index contributed by atoms with van der Waals surface area (Å²) >= 11 is 0. The van der Waals surface area contributed by atoms with Gasteiger partial charge in [-0.1, -0.05) is 0 Å². The molecule has 1 aromatic rings. The second kappa shape index (κ2) is 1.95. The van der Waals surface area contributed by atoms with Gasteiger partial charge in [-0.2, -0.15) is 5.10 Å². The van der Waals surface area contributed by atoms with Crippen LogP contribution in [-0.2, 0) is 5.54 Å². The third kappa shape index (κ3) is 1.24. The van der Waals surface area contributed by atoms with Crippen molar-refractivity contribution in [1.82, 2.24) is 15.2 Å². The summed E-state index contributed by atoms with van der Waals surface area (Å²) in [4.78, 5) is 13.0. The zero-order valence-electron chi connectivity index (χ0n) is 5.93. The fourth-order valence-corrected chi connectivity index (χ4v) is 0.575. The zero-order chi connectivity index (χ0) is 7.78. The lowest BCUT2D eigenvalue weighted by molar-refractivity contribution is 0.516. The number of H-pyrrole nitrogens is 2. The minimum atomic E-state index is -0.584. The van der Waals surface area contributed by atoms with Crippen molar-refractivity contribution in [1.29, 1.82) is 0 Å². The Morgan fingerprint density at radius 2 is 2.20 bits per heavy atom. The highest BCUT2D eigenvalue weighted by atomic mass is 16.1. The number of nitrogens with one attached hydrogen (secondary N) is 2. The van der Waals surface area contributed by atoms with Gasteiger partial charge in [-0.3, -0.25) is 4.98 Å². The molecule has 10 heavy (non-hydrogen) atoms. The first-order valence-electron chi connectivity index (χ1n) is 2.94.